The molecule has 6 nitrogen and oxygen atoms in total. The Balaban J connectivity index is 1.49. The highest BCUT2D eigenvalue weighted by Crippen LogP contribution is 2.55. The number of carbonyl (C=O) groups is 4. The summed E-state index contributed by atoms with van der Waals surface area (Å²) >= 11 is 6.02. The highest BCUT2D eigenvalue weighted by Gasteiger charge is 2.56. The first-order valence-electron chi connectivity index (χ1n) is 12.3. The van der Waals surface area contributed by atoms with Gasteiger partial charge in [-0.25, -0.2) is 0 Å². The molecule has 1 fully saturated rings. The van der Waals surface area contributed by atoms with E-state index in [9.17, 15) is 24.3 Å². The van der Waals surface area contributed by atoms with Crippen molar-refractivity contribution >= 4 is 40.7 Å². The van der Waals surface area contributed by atoms with E-state index in [-0.39, 0.29) is 35.6 Å². The molecule has 0 bridgehead atoms. The van der Waals surface area contributed by atoms with Gasteiger partial charge in [-0.1, -0.05) is 35.4 Å². The van der Waals surface area contributed by atoms with E-state index in [0.29, 0.717) is 39.4 Å². The van der Waals surface area contributed by atoms with Crippen LogP contribution in [0.15, 0.2) is 76.9 Å². The Hall–Kier alpha value is -3.77. The minimum atomic E-state index is -0.632. The number of aryl methyl sites for hydroxylation is 1. The van der Waals surface area contributed by atoms with Crippen molar-refractivity contribution in [3.63, 3.8) is 0 Å². The first kappa shape index (κ1) is 23.6. The van der Waals surface area contributed by atoms with Crippen molar-refractivity contribution in [1.82, 2.24) is 0 Å². The molecule has 0 saturated carbocycles. The van der Waals surface area contributed by atoms with Crippen LogP contribution in [-0.2, 0) is 19.2 Å². The van der Waals surface area contributed by atoms with E-state index >= 15 is 0 Å². The van der Waals surface area contributed by atoms with Crippen LogP contribution in [0.25, 0.3) is 0 Å². The zero-order chi connectivity index (χ0) is 26.2. The fraction of sp³-hybridized carbons (Fsp3) is 0.267. The lowest BCUT2D eigenvalue weighted by Crippen LogP contribution is -2.39. The van der Waals surface area contributed by atoms with Gasteiger partial charge in [0.25, 0.3) is 0 Å². The van der Waals surface area contributed by atoms with Crippen LogP contribution >= 0.6 is 11.6 Å². The van der Waals surface area contributed by atoms with Crippen molar-refractivity contribution in [3.05, 3.63) is 93.1 Å². The number of Topliss-reactive ketones (excluding diaryl/α,β-unsaturated/α-hetero) is 1. The molecule has 7 heteroatoms. The van der Waals surface area contributed by atoms with Gasteiger partial charge in [0.2, 0.25) is 11.8 Å². The fourth-order valence-corrected chi connectivity index (χ4v) is 6.57. The molecule has 0 spiro atoms. The summed E-state index contributed by atoms with van der Waals surface area (Å²) in [4.78, 5) is 55.1. The van der Waals surface area contributed by atoms with Crippen LogP contribution in [0.3, 0.4) is 0 Å². The lowest BCUT2D eigenvalue weighted by atomic mass is 9.59. The SMILES string of the molecule is CC1=CC(=O)C2=C(C1=O)[C@@H](c1ccc(O)c(C)c1)C1=CC[C@@H]3C(=O)N(c4ccc(Cl)cc4)C(=O)[C@@H]3[C@@H]1C2. The van der Waals surface area contributed by atoms with E-state index < -0.39 is 23.7 Å². The number of rotatable bonds is 2. The number of fused-ring (bicyclic) bond motifs is 3. The second kappa shape index (κ2) is 8.38. The lowest BCUT2D eigenvalue weighted by molar-refractivity contribution is -0.123. The Bertz CT molecular complexity index is 1510. The van der Waals surface area contributed by atoms with Gasteiger partial charge < -0.3 is 5.11 Å². The summed E-state index contributed by atoms with van der Waals surface area (Å²) in [5.74, 6) is -2.90. The summed E-state index contributed by atoms with van der Waals surface area (Å²) in [5.41, 5.74) is 4.04. The average Bonchev–Trinajstić information content (AvgIpc) is 3.13. The number of carbonyl (C=O) groups excluding carboxylic acids is 4. The highest BCUT2D eigenvalue weighted by molar-refractivity contribution is 6.31. The quantitative estimate of drug-likeness (QED) is 0.347. The van der Waals surface area contributed by atoms with Crippen LogP contribution in [-0.4, -0.2) is 28.5 Å². The van der Waals surface area contributed by atoms with Gasteiger partial charge in [0, 0.05) is 27.7 Å². The number of amides is 2. The monoisotopic (exact) mass is 513 g/mol. The number of imide groups is 1. The predicted octanol–water partition coefficient (Wildman–Crippen LogP) is 4.99. The first-order chi connectivity index (χ1) is 17.7. The maximum atomic E-state index is 13.8. The van der Waals surface area contributed by atoms with Crippen molar-refractivity contribution < 1.29 is 24.3 Å². The number of allylic oxidation sites excluding steroid dienone is 6. The molecule has 0 unspecified atom stereocenters. The number of halogens is 1. The number of benzene rings is 2. The number of phenols is 1. The molecule has 2 aromatic carbocycles. The summed E-state index contributed by atoms with van der Waals surface area (Å²) in [5, 5.41) is 10.6. The number of aromatic hydroxyl groups is 1. The topological polar surface area (TPSA) is 91.8 Å². The summed E-state index contributed by atoms with van der Waals surface area (Å²) in [6, 6.07) is 11.8. The van der Waals surface area contributed by atoms with Crippen molar-refractivity contribution in [2.45, 2.75) is 32.6 Å². The van der Waals surface area contributed by atoms with Crippen molar-refractivity contribution in [3.8, 4) is 5.75 Å². The molecule has 37 heavy (non-hydrogen) atoms. The van der Waals surface area contributed by atoms with Crippen LogP contribution in [0.1, 0.15) is 36.8 Å². The van der Waals surface area contributed by atoms with E-state index in [0.717, 1.165) is 11.1 Å². The van der Waals surface area contributed by atoms with Crippen LogP contribution < -0.4 is 4.90 Å². The molecule has 4 atom stereocenters. The molecule has 4 aliphatic rings. The molecule has 1 saturated heterocycles. The molecule has 0 radical (unpaired) electrons. The molecule has 186 valence electrons. The molecule has 3 aliphatic carbocycles. The number of ketones is 2. The van der Waals surface area contributed by atoms with E-state index in [2.05, 4.69) is 0 Å². The van der Waals surface area contributed by atoms with Gasteiger partial charge in [-0.3, -0.25) is 24.1 Å². The maximum absolute atomic E-state index is 13.8. The predicted molar refractivity (Wildman–Crippen MR) is 138 cm³/mol. The molecule has 2 aromatic rings. The molecule has 1 N–H and O–H groups in total. The number of anilines is 1. The summed E-state index contributed by atoms with van der Waals surface area (Å²) in [7, 11) is 0. The van der Waals surface area contributed by atoms with Crippen LogP contribution in [0, 0.1) is 24.7 Å². The van der Waals surface area contributed by atoms with Gasteiger partial charge in [-0.2, -0.15) is 0 Å². The molecule has 0 aromatic heterocycles. The number of hydrogen-bond donors (Lipinski definition) is 1. The van der Waals surface area contributed by atoms with Gasteiger partial charge in [-0.15, -0.1) is 0 Å². The minimum absolute atomic E-state index is 0.139. The van der Waals surface area contributed by atoms with Crippen LogP contribution in [0.5, 0.6) is 5.75 Å². The summed E-state index contributed by atoms with van der Waals surface area (Å²) in [6.45, 7) is 3.42. The van der Waals surface area contributed by atoms with E-state index in [1.165, 1.54) is 11.0 Å². The van der Waals surface area contributed by atoms with E-state index in [1.54, 1.807) is 50.2 Å². The third-order valence-corrected chi connectivity index (χ3v) is 8.46. The third-order valence-electron chi connectivity index (χ3n) is 8.20. The number of phenolic OH excluding ortho intramolecular Hbond substituents is 1. The normalized spacial score (nSPS) is 27.1. The highest BCUT2D eigenvalue weighted by atomic mass is 35.5. The zero-order valence-electron chi connectivity index (χ0n) is 20.3. The third kappa shape index (κ3) is 3.46. The van der Waals surface area contributed by atoms with E-state index in [4.69, 9.17) is 11.6 Å². The largest absolute Gasteiger partial charge is 0.508 e. The van der Waals surface area contributed by atoms with Gasteiger partial charge >= 0.3 is 0 Å². The number of hydrogen-bond acceptors (Lipinski definition) is 5. The lowest BCUT2D eigenvalue weighted by Gasteiger charge is -2.42. The Labute approximate surface area is 218 Å². The summed E-state index contributed by atoms with van der Waals surface area (Å²) in [6.07, 6.45) is 3.97. The van der Waals surface area contributed by atoms with Crippen LogP contribution in [0.4, 0.5) is 5.69 Å². The fourth-order valence-electron chi connectivity index (χ4n) is 6.44. The van der Waals surface area contributed by atoms with Gasteiger partial charge in [0.05, 0.1) is 17.5 Å². The van der Waals surface area contributed by atoms with Gasteiger partial charge in [0.1, 0.15) is 5.75 Å². The van der Waals surface area contributed by atoms with Gasteiger partial charge in [-0.05, 0) is 80.1 Å². The Morgan fingerprint density at radius 3 is 2.38 bits per heavy atom. The molecule has 2 amide bonds. The van der Waals surface area contributed by atoms with Gasteiger partial charge in [0.15, 0.2) is 11.6 Å². The summed E-state index contributed by atoms with van der Waals surface area (Å²) < 4.78 is 0. The molecular weight excluding hydrogens is 490 g/mol. The molecule has 6 rings (SSSR count). The molecular formula is C30H24ClNO5. The smallest absolute Gasteiger partial charge is 0.238 e. The zero-order valence-corrected chi connectivity index (χ0v) is 21.1. The van der Waals surface area contributed by atoms with Crippen LogP contribution in [0.2, 0.25) is 5.02 Å². The standard InChI is InChI=1S/C30H24ClNO5/c1-14-11-16(3-10-23(14)33)25-19-8-9-20-26(21(19)13-22-24(34)12-15(2)28(35)27(22)25)30(37)32(29(20)36)18-6-4-17(31)5-7-18/h3-8,10-12,20-21,25-26,33H,9,13H2,1-2H3/t20-,21+,25-,26-/m0/s1. The van der Waals surface area contributed by atoms with E-state index in [1.807, 2.05) is 12.1 Å². The molecule has 1 aliphatic heterocycles. The van der Waals surface area contributed by atoms with Crippen molar-refractivity contribution in [2.24, 2.45) is 17.8 Å². The maximum Gasteiger partial charge on any atom is 0.238 e. The Morgan fingerprint density at radius 2 is 1.68 bits per heavy atom. The molecule has 1 heterocycles. The first-order valence-corrected chi connectivity index (χ1v) is 12.7. The minimum Gasteiger partial charge on any atom is -0.508 e. The second-order valence-electron chi connectivity index (χ2n) is 10.3. The Kier molecular flexibility index (Phi) is 5.35. The van der Waals surface area contributed by atoms with Crippen molar-refractivity contribution in [2.75, 3.05) is 4.90 Å². The van der Waals surface area contributed by atoms with Crippen molar-refractivity contribution in [1.29, 1.82) is 0 Å². The second-order valence-corrected chi connectivity index (χ2v) is 10.7. The average molecular weight is 514 g/mol. The Morgan fingerprint density at radius 1 is 0.946 bits per heavy atom. The number of nitrogens with zero attached hydrogens (tertiary/aromatic N) is 1.